The second kappa shape index (κ2) is 6.84. The van der Waals surface area contributed by atoms with Crippen molar-refractivity contribution in [2.75, 3.05) is 19.0 Å². The summed E-state index contributed by atoms with van der Waals surface area (Å²) in [7, 11) is 1.61. The Morgan fingerprint density at radius 1 is 1.20 bits per heavy atom. The maximum Gasteiger partial charge on any atom is 0.213 e. The predicted octanol–water partition coefficient (Wildman–Crippen LogP) is 2.93. The molecule has 0 spiro atoms. The van der Waals surface area contributed by atoms with E-state index in [0.717, 1.165) is 42.3 Å². The lowest BCUT2D eigenvalue weighted by Crippen LogP contribution is -2.04. The Morgan fingerprint density at radius 3 is 2.75 bits per heavy atom. The molecule has 0 fully saturated rings. The first-order valence-electron chi connectivity index (χ1n) is 6.89. The summed E-state index contributed by atoms with van der Waals surface area (Å²) >= 11 is 0. The van der Waals surface area contributed by atoms with Crippen LogP contribution in [0.15, 0.2) is 24.4 Å². The van der Waals surface area contributed by atoms with Crippen LogP contribution in [-0.4, -0.2) is 28.6 Å². The van der Waals surface area contributed by atoms with E-state index < -0.39 is 0 Å². The van der Waals surface area contributed by atoms with Crippen molar-refractivity contribution in [1.29, 1.82) is 0 Å². The molecule has 2 heterocycles. The van der Waals surface area contributed by atoms with Crippen molar-refractivity contribution in [3.05, 3.63) is 30.2 Å². The molecule has 0 aliphatic rings. The number of aromatic nitrogens is 3. The first kappa shape index (κ1) is 14.2. The highest BCUT2D eigenvalue weighted by atomic mass is 16.5. The van der Waals surface area contributed by atoms with E-state index >= 15 is 0 Å². The fraction of sp³-hybridized carbons (Fsp3) is 0.400. The second-order valence-electron chi connectivity index (χ2n) is 4.42. The Kier molecular flexibility index (Phi) is 4.87. The van der Waals surface area contributed by atoms with Gasteiger partial charge in [-0.1, -0.05) is 6.92 Å². The van der Waals surface area contributed by atoms with Gasteiger partial charge in [0.1, 0.15) is 11.6 Å². The van der Waals surface area contributed by atoms with E-state index in [1.807, 2.05) is 18.2 Å². The SMILES string of the molecule is CCCc1nc(NCC)cc(-c2ccnc(OC)c2)n1. The van der Waals surface area contributed by atoms with Gasteiger partial charge in [0.05, 0.1) is 12.8 Å². The molecule has 0 aliphatic carbocycles. The molecule has 0 unspecified atom stereocenters. The van der Waals surface area contributed by atoms with Crippen molar-refractivity contribution in [1.82, 2.24) is 15.0 Å². The summed E-state index contributed by atoms with van der Waals surface area (Å²) in [4.78, 5) is 13.2. The van der Waals surface area contributed by atoms with Crippen LogP contribution in [0, 0.1) is 0 Å². The number of pyridine rings is 1. The molecule has 2 rings (SSSR count). The standard InChI is InChI=1S/C15H20N4O/c1-4-6-13-18-12(10-14(19-13)16-5-2)11-7-8-17-15(9-11)20-3/h7-10H,4-6H2,1-3H3,(H,16,18,19). The summed E-state index contributed by atoms with van der Waals surface area (Å²) in [6.45, 7) is 5.01. The van der Waals surface area contributed by atoms with Crippen LogP contribution in [0.3, 0.4) is 0 Å². The summed E-state index contributed by atoms with van der Waals surface area (Å²) < 4.78 is 5.16. The zero-order chi connectivity index (χ0) is 14.4. The zero-order valence-electron chi connectivity index (χ0n) is 12.2. The number of anilines is 1. The van der Waals surface area contributed by atoms with Crippen molar-refractivity contribution in [3.8, 4) is 17.1 Å². The van der Waals surface area contributed by atoms with Crippen molar-refractivity contribution in [2.24, 2.45) is 0 Å². The largest absolute Gasteiger partial charge is 0.481 e. The van der Waals surface area contributed by atoms with E-state index in [1.165, 1.54) is 0 Å². The maximum atomic E-state index is 5.16. The molecular weight excluding hydrogens is 252 g/mol. The first-order chi connectivity index (χ1) is 9.76. The minimum atomic E-state index is 0.586. The fourth-order valence-corrected chi connectivity index (χ4v) is 1.93. The topological polar surface area (TPSA) is 59.9 Å². The zero-order valence-corrected chi connectivity index (χ0v) is 12.2. The van der Waals surface area contributed by atoms with Crippen LogP contribution in [0.25, 0.3) is 11.3 Å². The molecule has 0 bridgehead atoms. The van der Waals surface area contributed by atoms with E-state index in [1.54, 1.807) is 13.3 Å². The molecule has 0 aromatic carbocycles. The Labute approximate surface area is 119 Å². The average molecular weight is 272 g/mol. The van der Waals surface area contributed by atoms with Gasteiger partial charge >= 0.3 is 0 Å². The third-order valence-electron chi connectivity index (χ3n) is 2.84. The Hall–Kier alpha value is -2.17. The van der Waals surface area contributed by atoms with Gasteiger partial charge in [-0.25, -0.2) is 15.0 Å². The van der Waals surface area contributed by atoms with Crippen molar-refractivity contribution in [3.63, 3.8) is 0 Å². The molecule has 0 amide bonds. The average Bonchev–Trinajstić information content (AvgIpc) is 2.48. The second-order valence-corrected chi connectivity index (χ2v) is 4.42. The van der Waals surface area contributed by atoms with Crippen LogP contribution in [-0.2, 0) is 6.42 Å². The molecule has 2 aromatic rings. The van der Waals surface area contributed by atoms with E-state index in [-0.39, 0.29) is 0 Å². The van der Waals surface area contributed by atoms with E-state index in [9.17, 15) is 0 Å². The lowest BCUT2D eigenvalue weighted by Gasteiger charge is -2.09. The van der Waals surface area contributed by atoms with Crippen LogP contribution in [0.2, 0.25) is 0 Å². The summed E-state index contributed by atoms with van der Waals surface area (Å²) in [6.07, 6.45) is 3.62. The molecule has 0 saturated heterocycles. The summed E-state index contributed by atoms with van der Waals surface area (Å²) in [5.41, 5.74) is 1.87. The summed E-state index contributed by atoms with van der Waals surface area (Å²) in [6, 6.07) is 5.77. The number of hydrogen-bond donors (Lipinski definition) is 1. The van der Waals surface area contributed by atoms with Gasteiger partial charge in [0.15, 0.2) is 0 Å². The molecule has 0 saturated carbocycles. The Bertz CT molecular complexity index is 547. The van der Waals surface area contributed by atoms with Gasteiger partial charge in [-0.2, -0.15) is 0 Å². The van der Waals surface area contributed by atoms with Gasteiger partial charge < -0.3 is 10.1 Å². The van der Waals surface area contributed by atoms with Crippen molar-refractivity contribution in [2.45, 2.75) is 26.7 Å². The number of nitrogens with one attached hydrogen (secondary N) is 1. The number of aryl methyl sites for hydroxylation is 1. The van der Waals surface area contributed by atoms with Gasteiger partial charge in [0, 0.05) is 36.9 Å². The van der Waals surface area contributed by atoms with Crippen LogP contribution >= 0.6 is 0 Å². The maximum absolute atomic E-state index is 5.16. The lowest BCUT2D eigenvalue weighted by atomic mass is 10.2. The van der Waals surface area contributed by atoms with Gasteiger partial charge in [-0.05, 0) is 19.4 Å². The van der Waals surface area contributed by atoms with Gasteiger partial charge in [0.25, 0.3) is 0 Å². The van der Waals surface area contributed by atoms with Gasteiger partial charge in [-0.3, -0.25) is 0 Å². The molecule has 106 valence electrons. The van der Waals surface area contributed by atoms with E-state index in [2.05, 4.69) is 34.1 Å². The highest BCUT2D eigenvalue weighted by molar-refractivity contribution is 5.63. The molecule has 0 aliphatic heterocycles. The molecular formula is C15H20N4O. The van der Waals surface area contributed by atoms with Gasteiger partial charge in [-0.15, -0.1) is 0 Å². The fourth-order valence-electron chi connectivity index (χ4n) is 1.93. The van der Waals surface area contributed by atoms with Gasteiger partial charge in [0.2, 0.25) is 5.88 Å². The minimum absolute atomic E-state index is 0.586. The highest BCUT2D eigenvalue weighted by Gasteiger charge is 2.07. The molecule has 5 nitrogen and oxygen atoms in total. The number of ether oxygens (including phenoxy) is 1. The van der Waals surface area contributed by atoms with Crippen LogP contribution in [0.1, 0.15) is 26.1 Å². The van der Waals surface area contributed by atoms with Crippen molar-refractivity contribution < 1.29 is 4.74 Å². The monoisotopic (exact) mass is 272 g/mol. The van der Waals surface area contributed by atoms with Crippen molar-refractivity contribution >= 4 is 5.82 Å². The minimum Gasteiger partial charge on any atom is -0.481 e. The van der Waals surface area contributed by atoms with E-state index in [4.69, 9.17) is 4.74 Å². The number of rotatable bonds is 6. The lowest BCUT2D eigenvalue weighted by molar-refractivity contribution is 0.398. The smallest absolute Gasteiger partial charge is 0.213 e. The first-order valence-corrected chi connectivity index (χ1v) is 6.89. The Morgan fingerprint density at radius 2 is 2.05 bits per heavy atom. The number of hydrogen-bond acceptors (Lipinski definition) is 5. The molecule has 0 atom stereocenters. The molecule has 0 radical (unpaired) electrons. The summed E-state index contributed by atoms with van der Waals surface area (Å²) in [5, 5.41) is 3.25. The molecule has 5 heteroatoms. The molecule has 1 N–H and O–H groups in total. The molecule has 20 heavy (non-hydrogen) atoms. The number of methoxy groups -OCH3 is 1. The van der Waals surface area contributed by atoms with Crippen LogP contribution in [0.5, 0.6) is 5.88 Å². The molecule has 2 aromatic heterocycles. The van der Waals surface area contributed by atoms with Crippen LogP contribution < -0.4 is 10.1 Å². The predicted molar refractivity (Wildman–Crippen MR) is 80.0 cm³/mol. The third kappa shape index (κ3) is 3.44. The number of nitrogens with zero attached hydrogens (tertiary/aromatic N) is 3. The van der Waals surface area contributed by atoms with Crippen LogP contribution in [0.4, 0.5) is 5.82 Å². The normalized spacial score (nSPS) is 10.3. The third-order valence-corrected chi connectivity index (χ3v) is 2.84. The van der Waals surface area contributed by atoms with E-state index in [0.29, 0.717) is 5.88 Å². The Balaban J connectivity index is 2.42. The highest BCUT2D eigenvalue weighted by Crippen LogP contribution is 2.22. The summed E-state index contributed by atoms with van der Waals surface area (Å²) in [5.74, 6) is 2.30. The quantitative estimate of drug-likeness (QED) is 0.876.